The summed E-state index contributed by atoms with van der Waals surface area (Å²) in [5.41, 5.74) is 4.85. The molecule has 0 bridgehead atoms. The van der Waals surface area contributed by atoms with E-state index in [0.717, 1.165) is 18.5 Å². The fraction of sp³-hybridized carbons (Fsp3) is 0.353. The Kier molecular flexibility index (Phi) is 3.34. The van der Waals surface area contributed by atoms with Gasteiger partial charge in [-0.2, -0.15) is 0 Å². The first-order valence-electron chi connectivity index (χ1n) is 6.91. The van der Waals surface area contributed by atoms with E-state index in [2.05, 4.69) is 42.2 Å². The van der Waals surface area contributed by atoms with Gasteiger partial charge in [0.05, 0.1) is 6.10 Å². The molecule has 19 heavy (non-hydrogen) atoms. The van der Waals surface area contributed by atoms with Crippen LogP contribution in [0.1, 0.15) is 34.7 Å². The highest BCUT2D eigenvalue weighted by Gasteiger charge is 2.29. The molecule has 0 amide bonds. The molecule has 0 saturated heterocycles. The quantitative estimate of drug-likeness (QED) is 0.912. The van der Waals surface area contributed by atoms with Crippen LogP contribution < -0.4 is 0 Å². The monoisotopic (exact) mass is 253 g/mol. The van der Waals surface area contributed by atoms with Crippen LogP contribution in [0.3, 0.4) is 0 Å². The summed E-state index contributed by atoms with van der Waals surface area (Å²) in [6, 6.07) is 12.5. The number of benzene rings is 1. The number of aromatic nitrogens is 1. The van der Waals surface area contributed by atoms with E-state index in [1.807, 2.05) is 12.3 Å². The third-order valence-corrected chi connectivity index (χ3v) is 3.99. The van der Waals surface area contributed by atoms with Crippen molar-refractivity contribution in [2.24, 2.45) is 0 Å². The van der Waals surface area contributed by atoms with E-state index in [0.29, 0.717) is 6.42 Å². The second-order valence-corrected chi connectivity index (χ2v) is 5.45. The van der Waals surface area contributed by atoms with Crippen molar-refractivity contribution >= 4 is 0 Å². The van der Waals surface area contributed by atoms with Crippen LogP contribution in [0.15, 0.2) is 42.6 Å². The Morgan fingerprint density at radius 1 is 1.32 bits per heavy atom. The number of hydrogen-bond acceptors (Lipinski definition) is 2. The Morgan fingerprint density at radius 3 is 3.05 bits per heavy atom. The van der Waals surface area contributed by atoms with E-state index in [1.165, 1.54) is 16.7 Å². The number of aryl methyl sites for hydroxylation is 2. The van der Waals surface area contributed by atoms with Gasteiger partial charge in [-0.05, 0) is 43.4 Å². The SMILES string of the molecule is Cc1cccc(CC(O)C2CCc3cccnc32)c1. The Hall–Kier alpha value is -1.67. The average molecular weight is 253 g/mol. The van der Waals surface area contributed by atoms with Crippen molar-refractivity contribution in [3.63, 3.8) is 0 Å². The molecule has 0 spiro atoms. The zero-order valence-electron chi connectivity index (χ0n) is 11.2. The molecule has 2 atom stereocenters. The van der Waals surface area contributed by atoms with Gasteiger partial charge in [-0.3, -0.25) is 4.98 Å². The molecule has 1 aliphatic carbocycles. The van der Waals surface area contributed by atoms with Crippen molar-refractivity contribution in [3.05, 3.63) is 65.0 Å². The van der Waals surface area contributed by atoms with Gasteiger partial charge < -0.3 is 5.11 Å². The van der Waals surface area contributed by atoms with Gasteiger partial charge in [0.2, 0.25) is 0 Å². The molecule has 1 aliphatic rings. The van der Waals surface area contributed by atoms with Gasteiger partial charge in [0.25, 0.3) is 0 Å². The maximum Gasteiger partial charge on any atom is 0.0664 e. The Balaban J connectivity index is 1.77. The normalized spacial score (nSPS) is 19.2. The summed E-state index contributed by atoms with van der Waals surface area (Å²) in [5.74, 6) is 0.191. The highest BCUT2D eigenvalue weighted by Crippen LogP contribution is 2.34. The second kappa shape index (κ2) is 5.14. The zero-order chi connectivity index (χ0) is 13.2. The fourth-order valence-electron chi connectivity index (χ4n) is 3.04. The van der Waals surface area contributed by atoms with Gasteiger partial charge in [-0.1, -0.05) is 35.9 Å². The van der Waals surface area contributed by atoms with Crippen molar-refractivity contribution in [2.45, 2.75) is 38.2 Å². The summed E-state index contributed by atoms with van der Waals surface area (Å²) in [7, 11) is 0. The van der Waals surface area contributed by atoms with Gasteiger partial charge in [0.1, 0.15) is 0 Å². The minimum absolute atomic E-state index is 0.191. The van der Waals surface area contributed by atoms with Gasteiger partial charge in [0, 0.05) is 17.8 Å². The molecule has 1 heterocycles. The van der Waals surface area contributed by atoms with Crippen LogP contribution in [0.5, 0.6) is 0 Å². The minimum Gasteiger partial charge on any atom is -0.392 e. The average Bonchev–Trinajstić information content (AvgIpc) is 2.82. The minimum atomic E-state index is -0.335. The highest BCUT2D eigenvalue weighted by atomic mass is 16.3. The van der Waals surface area contributed by atoms with E-state index < -0.39 is 0 Å². The third-order valence-electron chi connectivity index (χ3n) is 3.99. The van der Waals surface area contributed by atoms with Crippen molar-refractivity contribution in [3.8, 4) is 0 Å². The van der Waals surface area contributed by atoms with Crippen molar-refractivity contribution in [1.82, 2.24) is 4.98 Å². The molecule has 1 aromatic heterocycles. The highest BCUT2D eigenvalue weighted by molar-refractivity contribution is 5.30. The van der Waals surface area contributed by atoms with Crippen LogP contribution in [-0.4, -0.2) is 16.2 Å². The predicted octanol–water partition coefficient (Wildman–Crippen LogP) is 3.02. The number of fused-ring (bicyclic) bond motifs is 1. The maximum absolute atomic E-state index is 10.5. The maximum atomic E-state index is 10.5. The first-order chi connectivity index (χ1) is 9.24. The third kappa shape index (κ3) is 2.54. The predicted molar refractivity (Wildman–Crippen MR) is 76.2 cm³/mol. The molecule has 2 heteroatoms. The molecule has 1 N–H and O–H groups in total. The van der Waals surface area contributed by atoms with Crippen LogP contribution in [0, 0.1) is 6.92 Å². The fourth-order valence-corrected chi connectivity index (χ4v) is 3.04. The molecule has 1 aromatic carbocycles. The first kappa shape index (κ1) is 12.4. The number of hydrogen-bond donors (Lipinski definition) is 1. The van der Waals surface area contributed by atoms with Crippen LogP contribution >= 0.6 is 0 Å². The number of pyridine rings is 1. The molecule has 0 aliphatic heterocycles. The molecular weight excluding hydrogens is 234 g/mol. The van der Waals surface area contributed by atoms with Crippen molar-refractivity contribution in [1.29, 1.82) is 0 Å². The molecule has 2 aromatic rings. The van der Waals surface area contributed by atoms with E-state index >= 15 is 0 Å². The zero-order valence-corrected chi connectivity index (χ0v) is 11.2. The standard InChI is InChI=1S/C17H19NO/c1-12-4-2-5-13(10-12)11-16(19)15-8-7-14-6-3-9-18-17(14)15/h2-6,9-10,15-16,19H,7-8,11H2,1H3. The van der Waals surface area contributed by atoms with Gasteiger partial charge >= 0.3 is 0 Å². The van der Waals surface area contributed by atoms with E-state index in [1.54, 1.807) is 0 Å². The summed E-state index contributed by atoms with van der Waals surface area (Å²) >= 11 is 0. The lowest BCUT2D eigenvalue weighted by molar-refractivity contribution is 0.141. The molecular formula is C17H19NO. The van der Waals surface area contributed by atoms with Crippen molar-refractivity contribution in [2.75, 3.05) is 0 Å². The molecule has 3 rings (SSSR count). The van der Waals surface area contributed by atoms with Gasteiger partial charge in [0.15, 0.2) is 0 Å². The van der Waals surface area contributed by atoms with E-state index in [9.17, 15) is 5.11 Å². The second-order valence-electron chi connectivity index (χ2n) is 5.45. The largest absolute Gasteiger partial charge is 0.392 e. The Bertz CT molecular complexity index is 579. The summed E-state index contributed by atoms with van der Waals surface area (Å²) in [6.07, 6.45) is 4.26. The lowest BCUT2D eigenvalue weighted by Crippen LogP contribution is -2.20. The number of nitrogens with zero attached hydrogens (tertiary/aromatic N) is 1. The lowest BCUT2D eigenvalue weighted by atomic mass is 9.93. The molecule has 98 valence electrons. The van der Waals surface area contributed by atoms with Crippen molar-refractivity contribution < 1.29 is 5.11 Å². The summed E-state index contributed by atoms with van der Waals surface area (Å²) in [5, 5.41) is 10.5. The van der Waals surface area contributed by atoms with E-state index in [-0.39, 0.29) is 12.0 Å². The van der Waals surface area contributed by atoms with Crippen LogP contribution in [0.25, 0.3) is 0 Å². The first-order valence-corrected chi connectivity index (χ1v) is 6.91. The summed E-state index contributed by atoms with van der Waals surface area (Å²) in [6.45, 7) is 2.09. The van der Waals surface area contributed by atoms with Crippen LogP contribution in [-0.2, 0) is 12.8 Å². The number of aliphatic hydroxyl groups excluding tert-OH is 1. The summed E-state index contributed by atoms with van der Waals surface area (Å²) in [4.78, 5) is 4.46. The lowest BCUT2D eigenvalue weighted by Gasteiger charge is -2.18. The topological polar surface area (TPSA) is 33.1 Å². The smallest absolute Gasteiger partial charge is 0.0664 e. The van der Waals surface area contributed by atoms with Crippen LogP contribution in [0.2, 0.25) is 0 Å². The van der Waals surface area contributed by atoms with Crippen LogP contribution in [0.4, 0.5) is 0 Å². The van der Waals surface area contributed by atoms with E-state index in [4.69, 9.17) is 0 Å². The number of aliphatic hydroxyl groups is 1. The molecule has 0 radical (unpaired) electrons. The molecule has 0 fully saturated rings. The molecule has 2 nitrogen and oxygen atoms in total. The molecule has 0 saturated carbocycles. The molecule has 2 unspecified atom stereocenters. The summed E-state index contributed by atoms with van der Waals surface area (Å²) < 4.78 is 0. The van der Waals surface area contributed by atoms with Gasteiger partial charge in [-0.25, -0.2) is 0 Å². The Morgan fingerprint density at radius 2 is 2.21 bits per heavy atom. The number of rotatable bonds is 3. The van der Waals surface area contributed by atoms with Gasteiger partial charge in [-0.15, -0.1) is 0 Å². The Labute approximate surface area is 114 Å².